The second-order valence-electron chi connectivity index (χ2n) is 7.83. The summed E-state index contributed by atoms with van der Waals surface area (Å²) >= 11 is 0. The van der Waals surface area contributed by atoms with Gasteiger partial charge in [-0.2, -0.15) is 0 Å². The molecule has 2 amide bonds. The van der Waals surface area contributed by atoms with E-state index in [4.69, 9.17) is 0 Å². The SMILES string of the molecule is CCC(NC(=O)C1CCCCC1C(=O)O)NC(=O)C1CC(O)CCC1C(=O)O. The van der Waals surface area contributed by atoms with Crippen molar-refractivity contribution in [3.8, 4) is 0 Å². The maximum absolute atomic E-state index is 12.6. The summed E-state index contributed by atoms with van der Waals surface area (Å²) in [5.74, 6) is -6.09. The molecule has 0 radical (unpaired) electrons. The Morgan fingerprint density at radius 1 is 0.821 bits per heavy atom. The molecule has 0 aromatic rings. The largest absolute Gasteiger partial charge is 0.481 e. The second-order valence-corrected chi connectivity index (χ2v) is 7.83. The predicted octanol–water partition coefficient (Wildman–Crippen LogP) is 0.708. The fourth-order valence-electron chi connectivity index (χ4n) is 4.27. The van der Waals surface area contributed by atoms with E-state index < -0.39 is 59.7 Å². The van der Waals surface area contributed by atoms with E-state index in [1.54, 1.807) is 6.92 Å². The quantitative estimate of drug-likeness (QED) is 0.396. The van der Waals surface area contributed by atoms with Crippen molar-refractivity contribution in [1.29, 1.82) is 0 Å². The number of hydrogen-bond acceptors (Lipinski definition) is 5. The molecule has 0 heterocycles. The van der Waals surface area contributed by atoms with Crippen molar-refractivity contribution in [2.45, 2.75) is 70.6 Å². The van der Waals surface area contributed by atoms with Crippen LogP contribution in [0.25, 0.3) is 0 Å². The molecule has 2 fully saturated rings. The van der Waals surface area contributed by atoms with Gasteiger partial charge < -0.3 is 26.0 Å². The number of rotatable bonds is 7. The van der Waals surface area contributed by atoms with E-state index in [9.17, 15) is 34.5 Å². The lowest BCUT2D eigenvalue weighted by atomic mass is 9.77. The lowest BCUT2D eigenvalue weighted by Crippen LogP contribution is -2.54. The molecule has 158 valence electrons. The summed E-state index contributed by atoms with van der Waals surface area (Å²) in [6.45, 7) is 1.76. The van der Waals surface area contributed by atoms with Crippen molar-refractivity contribution >= 4 is 23.8 Å². The summed E-state index contributed by atoms with van der Waals surface area (Å²) in [6, 6.07) is 0. The number of hydrogen-bond donors (Lipinski definition) is 5. The molecule has 0 bridgehead atoms. The van der Waals surface area contributed by atoms with Gasteiger partial charge in [-0.1, -0.05) is 19.8 Å². The standard InChI is InChI=1S/C19H30N2O7/c1-2-15(20-16(23)11-5-3-4-6-12(11)18(25)26)21-17(24)14-9-10(22)7-8-13(14)19(27)28/h10-15,22H,2-9H2,1H3,(H,20,23)(H,21,24)(H,25,26)(H,27,28). The van der Waals surface area contributed by atoms with Crippen LogP contribution < -0.4 is 10.6 Å². The normalized spacial score (nSPS) is 31.4. The third-order valence-corrected chi connectivity index (χ3v) is 5.94. The number of carbonyl (C=O) groups excluding carboxylic acids is 2. The van der Waals surface area contributed by atoms with Crippen LogP contribution in [0.1, 0.15) is 58.3 Å². The summed E-state index contributed by atoms with van der Waals surface area (Å²) in [5.41, 5.74) is 0. The third kappa shape index (κ3) is 5.43. The lowest BCUT2D eigenvalue weighted by Gasteiger charge is -2.33. The van der Waals surface area contributed by atoms with Gasteiger partial charge in [0.15, 0.2) is 0 Å². The van der Waals surface area contributed by atoms with Gasteiger partial charge >= 0.3 is 11.9 Å². The van der Waals surface area contributed by atoms with E-state index in [-0.39, 0.29) is 12.8 Å². The van der Waals surface area contributed by atoms with Crippen LogP contribution in [0.2, 0.25) is 0 Å². The van der Waals surface area contributed by atoms with Crippen molar-refractivity contribution < 1.29 is 34.5 Å². The van der Waals surface area contributed by atoms with Gasteiger partial charge in [0.25, 0.3) is 0 Å². The molecule has 2 saturated carbocycles. The molecular weight excluding hydrogens is 368 g/mol. The van der Waals surface area contributed by atoms with E-state index in [1.165, 1.54) is 0 Å². The van der Waals surface area contributed by atoms with Gasteiger partial charge in [0.2, 0.25) is 11.8 Å². The Bertz CT molecular complexity index is 609. The minimum atomic E-state index is -1.07. The lowest BCUT2D eigenvalue weighted by molar-refractivity contribution is -0.151. The Labute approximate surface area is 163 Å². The molecule has 0 saturated heterocycles. The zero-order valence-electron chi connectivity index (χ0n) is 16.1. The number of carbonyl (C=O) groups is 4. The minimum Gasteiger partial charge on any atom is -0.481 e. The fraction of sp³-hybridized carbons (Fsp3) is 0.789. The topological polar surface area (TPSA) is 153 Å². The Morgan fingerprint density at radius 3 is 1.86 bits per heavy atom. The Hall–Kier alpha value is -2.16. The summed E-state index contributed by atoms with van der Waals surface area (Å²) in [4.78, 5) is 48.1. The first-order chi connectivity index (χ1) is 13.2. The molecule has 0 aromatic carbocycles. The highest BCUT2D eigenvalue weighted by Crippen LogP contribution is 2.32. The maximum atomic E-state index is 12.6. The van der Waals surface area contributed by atoms with Crippen molar-refractivity contribution in [3.63, 3.8) is 0 Å². The Balaban J connectivity index is 2.00. The molecule has 9 nitrogen and oxygen atoms in total. The second kappa shape index (κ2) is 9.86. The van der Waals surface area contributed by atoms with Crippen molar-refractivity contribution in [2.75, 3.05) is 0 Å². The molecule has 2 aliphatic rings. The van der Waals surface area contributed by atoms with E-state index >= 15 is 0 Å². The van der Waals surface area contributed by atoms with Crippen LogP contribution >= 0.6 is 0 Å². The van der Waals surface area contributed by atoms with Gasteiger partial charge in [-0.25, -0.2) is 0 Å². The number of aliphatic hydroxyl groups excluding tert-OH is 1. The van der Waals surface area contributed by atoms with Crippen LogP contribution in [0, 0.1) is 23.7 Å². The number of aliphatic hydroxyl groups is 1. The molecule has 2 rings (SSSR count). The molecule has 0 spiro atoms. The summed E-state index contributed by atoms with van der Waals surface area (Å²) < 4.78 is 0. The van der Waals surface area contributed by atoms with Crippen LogP contribution in [0.4, 0.5) is 0 Å². The van der Waals surface area contributed by atoms with Crippen molar-refractivity contribution in [1.82, 2.24) is 10.6 Å². The molecule has 5 N–H and O–H groups in total. The van der Waals surface area contributed by atoms with E-state index in [2.05, 4.69) is 10.6 Å². The van der Waals surface area contributed by atoms with Crippen LogP contribution in [0.15, 0.2) is 0 Å². The van der Waals surface area contributed by atoms with Gasteiger partial charge in [0.05, 0.1) is 29.8 Å². The van der Waals surface area contributed by atoms with Crippen LogP contribution in [-0.2, 0) is 19.2 Å². The van der Waals surface area contributed by atoms with E-state index in [0.29, 0.717) is 25.7 Å². The molecule has 6 atom stereocenters. The fourth-order valence-corrected chi connectivity index (χ4v) is 4.27. The number of carboxylic acids is 2. The highest BCUT2D eigenvalue weighted by molar-refractivity contribution is 5.87. The van der Waals surface area contributed by atoms with Crippen LogP contribution in [-0.4, -0.2) is 51.3 Å². The zero-order chi connectivity index (χ0) is 20.8. The average molecular weight is 398 g/mol. The molecular formula is C19H30N2O7. The van der Waals surface area contributed by atoms with Gasteiger partial charge in [0.1, 0.15) is 6.17 Å². The van der Waals surface area contributed by atoms with Gasteiger partial charge in [0, 0.05) is 0 Å². The van der Waals surface area contributed by atoms with Gasteiger partial charge in [-0.3, -0.25) is 19.2 Å². The summed E-state index contributed by atoms with van der Waals surface area (Å²) in [6.07, 6.45) is 2.06. The first-order valence-electron chi connectivity index (χ1n) is 9.99. The summed E-state index contributed by atoms with van der Waals surface area (Å²) in [7, 11) is 0. The Kier molecular flexibility index (Phi) is 7.79. The number of carboxylic acid groups (broad SMARTS) is 2. The number of amides is 2. The van der Waals surface area contributed by atoms with Gasteiger partial charge in [-0.15, -0.1) is 0 Å². The molecule has 0 aromatic heterocycles. The van der Waals surface area contributed by atoms with Crippen molar-refractivity contribution in [2.24, 2.45) is 23.7 Å². The molecule has 6 unspecified atom stereocenters. The third-order valence-electron chi connectivity index (χ3n) is 5.94. The van der Waals surface area contributed by atoms with Crippen LogP contribution in [0.3, 0.4) is 0 Å². The molecule has 0 aliphatic heterocycles. The van der Waals surface area contributed by atoms with E-state index in [1.807, 2.05) is 0 Å². The summed E-state index contributed by atoms with van der Waals surface area (Å²) in [5, 5.41) is 33.9. The molecule has 9 heteroatoms. The minimum absolute atomic E-state index is 0.0664. The zero-order valence-corrected chi connectivity index (χ0v) is 16.1. The molecule has 2 aliphatic carbocycles. The number of aliphatic carboxylic acids is 2. The number of nitrogens with one attached hydrogen (secondary N) is 2. The highest BCUT2D eigenvalue weighted by atomic mass is 16.4. The van der Waals surface area contributed by atoms with Crippen molar-refractivity contribution in [3.05, 3.63) is 0 Å². The highest BCUT2D eigenvalue weighted by Gasteiger charge is 2.40. The Morgan fingerprint density at radius 2 is 1.32 bits per heavy atom. The molecule has 28 heavy (non-hydrogen) atoms. The van der Waals surface area contributed by atoms with E-state index in [0.717, 1.165) is 12.8 Å². The predicted molar refractivity (Wildman–Crippen MR) is 97.9 cm³/mol. The first kappa shape index (κ1) is 22.1. The van der Waals surface area contributed by atoms with Crippen LogP contribution in [0.5, 0.6) is 0 Å². The average Bonchev–Trinajstić information content (AvgIpc) is 2.66. The van der Waals surface area contributed by atoms with Gasteiger partial charge in [-0.05, 0) is 38.5 Å². The first-order valence-corrected chi connectivity index (χ1v) is 9.99. The monoisotopic (exact) mass is 398 g/mol. The maximum Gasteiger partial charge on any atom is 0.307 e. The smallest absolute Gasteiger partial charge is 0.307 e.